The Labute approximate surface area is 239 Å². The Bertz CT molecular complexity index is 1720. The van der Waals surface area contributed by atoms with Crippen molar-refractivity contribution in [2.45, 2.75) is 12.5 Å². The summed E-state index contributed by atoms with van der Waals surface area (Å²) in [6, 6.07) is 30.5. The van der Waals surface area contributed by atoms with Crippen molar-refractivity contribution < 1.29 is 24.2 Å². The van der Waals surface area contributed by atoms with Crippen molar-refractivity contribution in [2.24, 2.45) is 0 Å². The molecule has 41 heavy (non-hydrogen) atoms. The summed E-state index contributed by atoms with van der Waals surface area (Å²) in [5, 5.41) is 12.4. The van der Waals surface area contributed by atoms with Crippen LogP contribution in [0.3, 0.4) is 0 Å². The first-order valence-electron chi connectivity index (χ1n) is 13.0. The number of hydrogen-bond acceptors (Lipinski definition) is 6. The Morgan fingerprint density at radius 1 is 0.878 bits per heavy atom. The number of thiazole rings is 1. The van der Waals surface area contributed by atoms with E-state index >= 15 is 0 Å². The minimum atomic E-state index is -1.09. The topological polar surface area (TPSA) is 109 Å². The van der Waals surface area contributed by atoms with Crippen molar-refractivity contribution in [3.63, 3.8) is 0 Å². The van der Waals surface area contributed by atoms with E-state index in [-0.39, 0.29) is 19.1 Å². The maximum absolute atomic E-state index is 13.3. The van der Waals surface area contributed by atoms with Crippen molar-refractivity contribution in [3.8, 4) is 11.1 Å². The zero-order valence-corrected chi connectivity index (χ0v) is 22.6. The largest absolute Gasteiger partial charge is 0.480 e. The highest BCUT2D eigenvalue weighted by atomic mass is 32.1. The third-order valence-corrected chi connectivity index (χ3v) is 7.95. The van der Waals surface area contributed by atoms with Crippen LogP contribution in [0.5, 0.6) is 0 Å². The summed E-state index contributed by atoms with van der Waals surface area (Å²) in [5.41, 5.74) is 6.33. The molecule has 5 aromatic rings. The van der Waals surface area contributed by atoms with Gasteiger partial charge in [-0.3, -0.25) is 14.9 Å². The summed E-state index contributed by atoms with van der Waals surface area (Å²) < 4.78 is 6.31. The molecule has 0 saturated heterocycles. The normalized spacial score (nSPS) is 12.0. The Morgan fingerprint density at radius 3 is 2.22 bits per heavy atom. The molecule has 0 fully saturated rings. The molecule has 4 aromatic carbocycles. The van der Waals surface area contributed by atoms with E-state index in [1.54, 1.807) is 18.2 Å². The van der Waals surface area contributed by atoms with Gasteiger partial charge in [0.2, 0.25) is 0 Å². The highest BCUT2D eigenvalue weighted by molar-refractivity contribution is 7.22. The zero-order valence-electron chi connectivity index (χ0n) is 21.8. The molecule has 0 saturated carbocycles. The average molecular weight is 564 g/mol. The Morgan fingerprint density at radius 2 is 1.54 bits per heavy atom. The maximum atomic E-state index is 13.3. The van der Waals surface area contributed by atoms with Crippen LogP contribution >= 0.6 is 11.3 Å². The van der Waals surface area contributed by atoms with Gasteiger partial charge in [-0.1, -0.05) is 90.2 Å². The monoisotopic (exact) mass is 563 g/mol. The number of nitrogens with one attached hydrogen (secondary N) is 1. The molecule has 2 N–H and O–H groups in total. The van der Waals surface area contributed by atoms with E-state index in [9.17, 15) is 19.5 Å². The molecule has 1 heterocycles. The predicted molar refractivity (Wildman–Crippen MR) is 157 cm³/mol. The minimum Gasteiger partial charge on any atom is -0.480 e. The number of anilines is 1. The Kier molecular flexibility index (Phi) is 7.18. The number of nitrogens with zero attached hydrogens (tertiary/aromatic N) is 2. The molecular formula is C32H25N3O5S. The fourth-order valence-electron chi connectivity index (χ4n) is 5.18. The number of carbonyl (C=O) groups excluding carboxylic acids is 2. The van der Waals surface area contributed by atoms with Gasteiger partial charge in [-0.2, -0.15) is 0 Å². The molecule has 8 nitrogen and oxygen atoms in total. The summed E-state index contributed by atoms with van der Waals surface area (Å²) in [6.07, 6.45) is -0.613. The summed E-state index contributed by atoms with van der Waals surface area (Å²) >= 11 is 1.21. The van der Waals surface area contributed by atoms with Crippen molar-refractivity contribution in [1.29, 1.82) is 0 Å². The lowest BCUT2D eigenvalue weighted by molar-refractivity contribution is -0.137. The van der Waals surface area contributed by atoms with Gasteiger partial charge >= 0.3 is 12.1 Å². The fraction of sp³-hybridized carbons (Fsp3) is 0.125. The van der Waals surface area contributed by atoms with Gasteiger partial charge in [-0.25, -0.2) is 9.78 Å². The van der Waals surface area contributed by atoms with Crippen LogP contribution < -0.4 is 5.32 Å². The van der Waals surface area contributed by atoms with Gasteiger partial charge in [0.25, 0.3) is 5.91 Å². The van der Waals surface area contributed by atoms with E-state index in [1.165, 1.54) is 16.2 Å². The van der Waals surface area contributed by atoms with Crippen LogP contribution in [-0.4, -0.2) is 46.1 Å². The second-order valence-corrected chi connectivity index (χ2v) is 10.7. The number of fused-ring (bicyclic) bond motifs is 4. The lowest BCUT2D eigenvalue weighted by atomic mass is 9.98. The molecular weight excluding hydrogens is 538 g/mol. The van der Waals surface area contributed by atoms with Crippen LogP contribution in [0.25, 0.3) is 21.3 Å². The molecule has 0 unspecified atom stereocenters. The summed E-state index contributed by atoms with van der Waals surface area (Å²) in [6.45, 7) is -0.0748. The smallest absolute Gasteiger partial charge is 0.413 e. The molecule has 0 atom stereocenters. The number of benzene rings is 4. The second kappa shape index (κ2) is 11.2. The van der Waals surface area contributed by atoms with Crippen molar-refractivity contribution in [1.82, 2.24) is 9.88 Å². The molecule has 6 rings (SSSR count). The summed E-state index contributed by atoms with van der Waals surface area (Å²) in [7, 11) is 0. The third-order valence-electron chi connectivity index (χ3n) is 7.02. The molecule has 9 heteroatoms. The van der Waals surface area contributed by atoms with Crippen molar-refractivity contribution in [2.75, 3.05) is 18.5 Å². The number of aromatic nitrogens is 1. The number of carboxylic acid groups (broad SMARTS) is 1. The van der Waals surface area contributed by atoms with Crippen LogP contribution in [0.4, 0.5) is 9.93 Å². The molecule has 0 bridgehead atoms. The van der Waals surface area contributed by atoms with E-state index in [0.717, 1.165) is 27.8 Å². The molecule has 1 aliphatic rings. The molecule has 0 radical (unpaired) electrons. The number of ether oxygens (including phenoxy) is 1. The molecule has 1 aliphatic carbocycles. The second-order valence-electron chi connectivity index (χ2n) is 9.69. The first kappa shape index (κ1) is 26.2. The van der Waals surface area contributed by atoms with Crippen LogP contribution in [0.2, 0.25) is 0 Å². The van der Waals surface area contributed by atoms with E-state index < -0.39 is 24.5 Å². The van der Waals surface area contributed by atoms with Crippen molar-refractivity contribution >= 4 is 44.7 Å². The molecule has 204 valence electrons. The van der Waals surface area contributed by atoms with Gasteiger partial charge < -0.3 is 14.7 Å². The maximum Gasteiger partial charge on any atom is 0.413 e. The van der Waals surface area contributed by atoms with Crippen LogP contribution in [-0.2, 0) is 16.1 Å². The molecule has 2 amide bonds. The van der Waals surface area contributed by atoms with Gasteiger partial charge in [-0.05, 0) is 46.0 Å². The fourth-order valence-corrected chi connectivity index (χ4v) is 6.07. The highest BCUT2D eigenvalue weighted by Gasteiger charge is 2.29. The van der Waals surface area contributed by atoms with Crippen LogP contribution in [0.1, 0.15) is 33.0 Å². The van der Waals surface area contributed by atoms with Crippen molar-refractivity contribution in [3.05, 3.63) is 119 Å². The minimum absolute atomic E-state index is 0.0540. The van der Waals surface area contributed by atoms with E-state index in [2.05, 4.69) is 34.6 Å². The number of amides is 2. The molecule has 0 aliphatic heterocycles. The summed E-state index contributed by atoms with van der Waals surface area (Å²) in [4.78, 5) is 43.2. The number of carbonyl (C=O) groups is 3. The first-order chi connectivity index (χ1) is 20.0. The highest BCUT2D eigenvalue weighted by Crippen LogP contribution is 2.44. The van der Waals surface area contributed by atoms with E-state index in [4.69, 9.17) is 4.74 Å². The molecule has 1 aromatic heterocycles. The quantitative estimate of drug-likeness (QED) is 0.227. The zero-order chi connectivity index (χ0) is 28.3. The first-order valence-corrected chi connectivity index (χ1v) is 13.9. The van der Waals surface area contributed by atoms with Gasteiger partial charge in [0.15, 0.2) is 5.13 Å². The average Bonchev–Trinajstić information content (AvgIpc) is 3.53. The lowest BCUT2D eigenvalue weighted by Crippen LogP contribution is -2.35. The number of carboxylic acids is 1. The third kappa shape index (κ3) is 5.53. The van der Waals surface area contributed by atoms with Crippen LogP contribution in [0, 0.1) is 0 Å². The SMILES string of the molecule is O=C(O)CN(Cc1ccccc1)C(=O)c1ccc2nc(NC(=O)OCC3c4ccccc4-c4ccccc43)sc2c1. The summed E-state index contributed by atoms with van der Waals surface area (Å²) in [5.74, 6) is -1.55. The predicted octanol–water partition coefficient (Wildman–Crippen LogP) is 6.38. The van der Waals surface area contributed by atoms with Crippen LogP contribution in [0.15, 0.2) is 97.1 Å². The van der Waals surface area contributed by atoms with E-state index in [1.807, 2.05) is 54.6 Å². The molecule has 0 spiro atoms. The van der Waals surface area contributed by atoms with Gasteiger partial charge in [0.1, 0.15) is 13.2 Å². The standard InChI is InChI=1S/C32H25N3O5S/c36-29(37)18-35(17-20-8-2-1-3-9-20)30(38)21-14-15-27-28(16-21)41-31(33-27)34-32(39)40-19-26-24-12-6-4-10-22(24)23-11-5-7-13-25(23)26/h1-16,26H,17-19H2,(H,36,37)(H,33,34,39). The number of hydrogen-bond donors (Lipinski definition) is 2. The van der Waals surface area contributed by atoms with Gasteiger partial charge in [-0.15, -0.1) is 0 Å². The number of aliphatic carboxylic acids is 1. The lowest BCUT2D eigenvalue weighted by Gasteiger charge is -2.21. The van der Waals surface area contributed by atoms with Gasteiger partial charge in [0, 0.05) is 18.0 Å². The van der Waals surface area contributed by atoms with E-state index in [0.29, 0.717) is 20.9 Å². The Balaban J connectivity index is 1.14. The van der Waals surface area contributed by atoms with Gasteiger partial charge in [0.05, 0.1) is 10.2 Å². The Hall–Kier alpha value is -5.02. The number of rotatable bonds is 8.